The molecule has 3 amide bonds. The summed E-state index contributed by atoms with van der Waals surface area (Å²) >= 11 is 0. The molecule has 6 heteroatoms. The molecule has 0 aliphatic heterocycles. The van der Waals surface area contributed by atoms with Crippen molar-refractivity contribution in [1.29, 1.82) is 0 Å². The molecule has 0 saturated carbocycles. The quantitative estimate of drug-likeness (QED) is 0.269. The first-order valence-electron chi connectivity index (χ1n) is 15.6. The van der Waals surface area contributed by atoms with Crippen LogP contribution in [0.2, 0.25) is 0 Å². The van der Waals surface area contributed by atoms with E-state index >= 15 is 0 Å². The molecular formula is C40H61N3O3. The predicted octanol–water partition coefficient (Wildman–Crippen LogP) is 10.2. The fraction of sp³-hybridized carbons (Fsp3) is 0.475. The minimum atomic E-state index is -0.0103. The Labute approximate surface area is 280 Å². The van der Waals surface area contributed by atoms with E-state index in [1.807, 2.05) is 0 Å². The maximum Gasteiger partial charge on any atom is 0.221 e. The molecule has 254 valence electrons. The van der Waals surface area contributed by atoms with Crippen molar-refractivity contribution in [1.82, 2.24) is 0 Å². The number of carbonyl (C=O) groups is 3. The molecule has 0 spiro atoms. The molecule has 6 nitrogen and oxygen atoms in total. The largest absolute Gasteiger partial charge is 0.326 e. The molecule has 0 radical (unpaired) electrons. The van der Waals surface area contributed by atoms with Crippen LogP contribution >= 0.6 is 0 Å². The topological polar surface area (TPSA) is 87.3 Å². The van der Waals surface area contributed by atoms with Gasteiger partial charge in [-0.15, -0.1) is 0 Å². The fourth-order valence-electron chi connectivity index (χ4n) is 5.59. The van der Waals surface area contributed by atoms with Gasteiger partial charge >= 0.3 is 0 Å². The van der Waals surface area contributed by atoms with Crippen LogP contribution in [0, 0.1) is 104 Å². The van der Waals surface area contributed by atoms with Gasteiger partial charge in [0.05, 0.1) is 0 Å². The van der Waals surface area contributed by atoms with Crippen LogP contribution in [0.25, 0.3) is 0 Å². The van der Waals surface area contributed by atoms with E-state index in [2.05, 4.69) is 120 Å². The second-order valence-corrected chi connectivity index (χ2v) is 12.5. The number of hydrogen-bond donors (Lipinski definition) is 3. The highest BCUT2D eigenvalue weighted by Crippen LogP contribution is 2.32. The Morgan fingerprint density at radius 3 is 0.500 bits per heavy atom. The molecule has 0 heterocycles. The van der Waals surface area contributed by atoms with Gasteiger partial charge in [-0.2, -0.15) is 0 Å². The van der Waals surface area contributed by atoms with Gasteiger partial charge < -0.3 is 16.0 Å². The number of anilines is 3. The van der Waals surface area contributed by atoms with Crippen LogP contribution in [-0.2, 0) is 14.4 Å². The van der Waals surface area contributed by atoms with Gasteiger partial charge in [0.15, 0.2) is 0 Å². The predicted molar refractivity (Wildman–Crippen MR) is 200 cm³/mol. The number of hydrogen-bond acceptors (Lipinski definition) is 3. The van der Waals surface area contributed by atoms with Crippen LogP contribution in [0.4, 0.5) is 17.1 Å². The molecule has 0 aromatic heterocycles. The highest BCUT2D eigenvalue weighted by atomic mass is 16.2. The van der Waals surface area contributed by atoms with E-state index in [-0.39, 0.29) is 25.1 Å². The molecule has 0 aliphatic rings. The van der Waals surface area contributed by atoms with Crippen molar-refractivity contribution in [3.8, 4) is 0 Å². The molecule has 0 unspecified atom stereocenters. The fourth-order valence-corrected chi connectivity index (χ4v) is 5.59. The lowest BCUT2D eigenvalue weighted by Gasteiger charge is -2.18. The van der Waals surface area contributed by atoms with Gasteiger partial charge in [0, 0.05) is 37.8 Å². The van der Waals surface area contributed by atoms with Crippen LogP contribution in [0.5, 0.6) is 0 Å². The molecule has 0 saturated heterocycles. The van der Waals surface area contributed by atoms with Gasteiger partial charge in [0.2, 0.25) is 17.7 Å². The van der Waals surface area contributed by atoms with Gasteiger partial charge in [-0.25, -0.2) is 0 Å². The molecular weight excluding hydrogens is 570 g/mol. The van der Waals surface area contributed by atoms with E-state index in [0.29, 0.717) is 0 Å². The Bertz CT molecular complexity index is 1360. The zero-order valence-electron chi connectivity index (χ0n) is 31.2. The van der Waals surface area contributed by atoms with E-state index in [4.69, 9.17) is 0 Å². The molecule has 3 aromatic carbocycles. The van der Waals surface area contributed by atoms with Crippen LogP contribution in [0.1, 0.15) is 112 Å². The lowest BCUT2D eigenvalue weighted by molar-refractivity contribution is -0.115. The van der Waals surface area contributed by atoms with Gasteiger partial charge in [-0.1, -0.05) is 7.43 Å². The van der Waals surface area contributed by atoms with E-state index in [0.717, 1.165) is 17.1 Å². The van der Waals surface area contributed by atoms with E-state index < -0.39 is 0 Å². The molecule has 3 aromatic rings. The first kappa shape index (κ1) is 42.1. The Morgan fingerprint density at radius 2 is 0.391 bits per heavy atom. The number of rotatable bonds is 3. The average Bonchev–Trinajstić information content (AvgIpc) is 2.98. The molecule has 46 heavy (non-hydrogen) atoms. The van der Waals surface area contributed by atoms with Crippen molar-refractivity contribution in [3.05, 3.63) is 83.5 Å². The molecule has 3 rings (SSSR count). The molecule has 0 fully saturated rings. The SMILES string of the molecule is C.CC(=O)Nc1c(C)c(C)c(C)c(C)c1C.CC(=O)Nc1c(C)c(C)c(C)c(C)c1C.CC(=O)Nc1c(C)c(C)c(C)c(C)c1C. The third-order valence-corrected chi connectivity index (χ3v) is 9.90. The molecule has 0 atom stereocenters. The zero-order valence-corrected chi connectivity index (χ0v) is 31.2. The van der Waals surface area contributed by atoms with Crippen LogP contribution in [0.3, 0.4) is 0 Å². The Kier molecular flexibility index (Phi) is 15.7. The lowest BCUT2D eigenvalue weighted by atomic mass is 9.93. The third kappa shape index (κ3) is 9.54. The first-order valence-corrected chi connectivity index (χ1v) is 15.6. The van der Waals surface area contributed by atoms with Crippen molar-refractivity contribution in [2.24, 2.45) is 0 Å². The number of amides is 3. The zero-order chi connectivity index (χ0) is 35.2. The maximum absolute atomic E-state index is 11.1. The molecule has 3 N–H and O–H groups in total. The van der Waals surface area contributed by atoms with Crippen molar-refractivity contribution in [2.45, 2.75) is 132 Å². The van der Waals surface area contributed by atoms with Gasteiger partial charge in [-0.05, 0) is 187 Å². The minimum Gasteiger partial charge on any atom is -0.326 e. The minimum absolute atomic E-state index is 0. The molecule has 0 bridgehead atoms. The van der Waals surface area contributed by atoms with Crippen molar-refractivity contribution < 1.29 is 14.4 Å². The molecule has 0 aliphatic carbocycles. The van der Waals surface area contributed by atoms with Gasteiger partial charge in [-0.3, -0.25) is 14.4 Å². The lowest BCUT2D eigenvalue weighted by Crippen LogP contribution is -2.11. The average molecular weight is 632 g/mol. The van der Waals surface area contributed by atoms with E-state index in [1.165, 1.54) is 83.5 Å². The Morgan fingerprint density at radius 1 is 0.283 bits per heavy atom. The summed E-state index contributed by atoms with van der Waals surface area (Å²) in [5, 5.41) is 8.73. The second kappa shape index (κ2) is 17.1. The highest BCUT2D eigenvalue weighted by Gasteiger charge is 2.14. The Hall–Kier alpha value is -3.93. The monoisotopic (exact) mass is 631 g/mol. The Balaban J connectivity index is 0.000000653. The third-order valence-electron chi connectivity index (χ3n) is 9.90. The highest BCUT2D eigenvalue weighted by molar-refractivity contribution is 5.92. The van der Waals surface area contributed by atoms with Crippen molar-refractivity contribution in [2.75, 3.05) is 16.0 Å². The number of benzene rings is 3. The second-order valence-electron chi connectivity index (χ2n) is 12.5. The van der Waals surface area contributed by atoms with Crippen molar-refractivity contribution in [3.63, 3.8) is 0 Å². The van der Waals surface area contributed by atoms with Crippen LogP contribution in [0.15, 0.2) is 0 Å². The summed E-state index contributed by atoms with van der Waals surface area (Å²) in [6.07, 6.45) is 0. The summed E-state index contributed by atoms with van der Waals surface area (Å²) in [5.41, 5.74) is 21.5. The van der Waals surface area contributed by atoms with E-state index in [1.54, 1.807) is 20.8 Å². The van der Waals surface area contributed by atoms with E-state index in [9.17, 15) is 14.4 Å². The smallest absolute Gasteiger partial charge is 0.221 e. The summed E-state index contributed by atoms with van der Waals surface area (Å²) in [5.74, 6) is -0.0310. The number of nitrogens with one attached hydrogen (secondary N) is 3. The van der Waals surface area contributed by atoms with Crippen LogP contribution < -0.4 is 16.0 Å². The maximum atomic E-state index is 11.1. The first-order chi connectivity index (χ1) is 20.6. The van der Waals surface area contributed by atoms with Crippen molar-refractivity contribution >= 4 is 34.8 Å². The van der Waals surface area contributed by atoms with Gasteiger partial charge in [0.25, 0.3) is 0 Å². The number of carbonyl (C=O) groups excluding carboxylic acids is 3. The normalized spacial score (nSPS) is 10.0. The van der Waals surface area contributed by atoms with Crippen LogP contribution in [-0.4, -0.2) is 17.7 Å². The summed E-state index contributed by atoms with van der Waals surface area (Å²) < 4.78 is 0. The van der Waals surface area contributed by atoms with Gasteiger partial charge in [0.1, 0.15) is 0 Å². The summed E-state index contributed by atoms with van der Waals surface area (Å²) in [6.45, 7) is 35.9. The summed E-state index contributed by atoms with van der Waals surface area (Å²) in [4.78, 5) is 33.3. The summed E-state index contributed by atoms with van der Waals surface area (Å²) in [6, 6.07) is 0. The standard InChI is InChI=1S/3C13H19NO.CH4/c3*1-7-8(2)10(4)13(14-12(6)15)11(5)9(7)3;/h3*1-6H3,(H,14,15);1H4. The summed E-state index contributed by atoms with van der Waals surface area (Å²) in [7, 11) is 0.